The maximum atomic E-state index is 5.95. The summed E-state index contributed by atoms with van der Waals surface area (Å²) in [6, 6.07) is 4.88. The lowest BCUT2D eigenvalue weighted by Gasteiger charge is -2.46. The third kappa shape index (κ3) is 2.74. The molecule has 2 fully saturated rings. The second-order valence-corrected chi connectivity index (χ2v) is 6.02. The number of hydrogen-bond acceptors (Lipinski definition) is 4. The second-order valence-electron chi connectivity index (χ2n) is 6.02. The van der Waals surface area contributed by atoms with Gasteiger partial charge in [-0.05, 0) is 51.4 Å². The fourth-order valence-corrected chi connectivity index (χ4v) is 3.70. The van der Waals surface area contributed by atoms with Crippen molar-refractivity contribution in [3.8, 4) is 0 Å². The van der Waals surface area contributed by atoms with Crippen LogP contribution in [0.3, 0.4) is 0 Å². The summed E-state index contributed by atoms with van der Waals surface area (Å²) in [5.41, 5.74) is 7.12. The number of nitrogens with two attached hydrogens (primary N) is 1. The minimum Gasteiger partial charge on any atom is -0.383 e. The highest BCUT2D eigenvalue weighted by atomic mass is 15.2. The summed E-state index contributed by atoms with van der Waals surface area (Å²) in [6.07, 6.45) is 5.79. The largest absolute Gasteiger partial charge is 0.383 e. The van der Waals surface area contributed by atoms with Crippen LogP contribution in [0.4, 0.5) is 5.82 Å². The van der Waals surface area contributed by atoms with Gasteiger partial charge in [-0.25, -0.2) is 4.98 Å². The number of rotatable bonds is 2. The molecule has 2 N–H and O–H groups in total. The Bertz CT molecular complexity index is 434. The van der Waals surface area contributed by atoms with Gasteiger partial charge in [0.25, 0.3) is 0 Å². The molecule has 104 valence electrons. The van der Waals surface area contributed by atoms with Crippen molar-refractivity contribution in [3.63, 3.8) is 0 Å². The molecule has 3 heterocycles. The van der Waals surface area contributed by atoms with Crippen molar-refractivity contribution < 1.29 is 0 Å². The molecule has 0 aromatic carbocycles. The van der Waals surface area contributed by atoms with Crippen LogP contribution in [-0.4, -0.2) is 47.5 Å². The molecule has 2 atom stereocenters. The molecular weight excluding hydrogens is 236 g/mol. The van der Waals surface area contributed by atoms with E-state index in [0.29, 0.717) is 5.82 Å². The molecule has 19 heavy (non-hydrogen) atoms. The minimum absolute atomic E-state index is 0.686. The molecule has 2 aliphatic rings. The lowest BCUT2D eigenvalue weighted by Crippen LogP contribution is -2.52. The van der Waals surface area contributed by atoms with Crippen LogP contribution in [0.1, 0.15) is 24.8 Å². The third-order valence-corrected chi connectivity index (χ3v) is 4.75. The van der Waals surface area contributed by atoms with Crippen molar-refractivity contribution in [2.24, 2.45) is 5.92 Å². The molecule has 3 rings (SSSR count). The molecule has 4 nitrogen and oxygen atoms in total. The minimum atomic E-state index is 0.686. The van der Waals surface area contributed by atoms with Gasteiger partial charge in [0.1, 0.15) is 5.82 Å². The van der Waals surface area contributed by atoms with E-state index in [1.54, 1.807) is 6.20 Å². The predicted octanol–water partition coefficient (Wildman–Crippen LogP) is 1.58. The van der Waals surface area contributed by atoms with Crippen LogP contribution in [0.15, 0.2) is 18.3 Å². The average molecular weight is 260 g/mol. The van der Waals surface area contributed by atoms with E-state index in [0.717, 1.165) is 18.5 Å². The standard InChI is InChI=1S/C15H24N4/c1-18-8-3-5-12-10-19(9-6-14(12)18)11-13-4-2-7-17-15(13)16/h2,4,7,12,14H,3,5-6,8-11H2,1H3,(H2,16,17). The van der Waals surface area contributed by atoms with Crippen LogP contribution < -0.4 is 5.73 Å². The molecule has 0 saturated carbocycles. The van der Waals surface area contributed by atoms with E-state index in [1.807, 2.05) is 6.07 Å². The van der Waals surface area contributed by atoms with Crippen molar-refractivity contribution in [2.75, 3.05) is 32.4 Å². The number of aromatic nitrogens is 1. The summed E-state index contributed by atoms with van der Waals surface area (Å²) >= 11 is 0. The summed E-state index contributed by atoms with van der Waals surface area (Å²) in [7, 11) is 2.28. The molecule has 2 unspecified atom stereocenters. The first-order chi connectivity index (χ1) is 9.24. The van der Waals surface area contributed by atoms with Crippen LogP contribution in [-0.2, 0) is 6.54 Å². The molecule has 0 amide bonds. The third-order valence-electron chi connectivity index (χ3n) is 4.75. The number of anilines is 1. The first-order valence-electron chi connectivity index (χ1n) is 7.36. The summed E-state index contributed by atoms with van der Waals surface area (Å²) in [5, 5.41) is 0. The highest BCUT2D eigenvalue weighted by Crippen LogP contribution is 2.30. The number of likely N-dealkylation sites (tertiary alicyclic amines) is 2. The van der Waals surface area contributed by atoms with E-state index in [-0.39, 0.29) is 0 Å². The highest BCUT2D eigenvalue weighted by molar-refractivity contribution is 5.38. The molecule has 0 radical (unpaired) electrons. The van der Waals surface area contributed by atoms with E-state index in [9.17, 15) is 0 Å². The van der Waals surface area contributed by atoms with E-state index >= 15 is 0 Å². The van der Waals surface area contributed by atoms with Gasteiger partial charge in [0, 0.05) is 30.9 Å². The van der Waals surface area contributed by atoms with Gasteiger partial charge in [0.2, 0.25) is 0 Å². The van der Waals surface area contributed by atoms with Crippen molar-refractivity contribution in [2.45, 2.75) is 31.8 Å². The lowest BCUT2D eigenvalue weighted by molar-refractivity contribution is 0.0355. The van der Waals surface area contributed by atoms with Gasteiger partial charge in [-0.15, -0.1) is 0 Å². The zero-order valence-electron chi connectivity index (χ0n) is 11.8. The monoisotopic (exact) mass is 260 g/mol. The predicted molar refractivity (Wildman–Crippen MR) is 77.7 cm³/mol. The number of hydrogen-bond donors (Lipinski definition) is 1. The van der Waals surface area contributed by atoms with Crippen molar-refractivity contribution >= 4 is 5.82 Å². The number of fused-ring (bicyclic) bond motifs is 1. The smallest absolute Gasteiger partial charge is 0.127 e. The van der Waals surface area contributed by atoms with E-state index in [4.69, 9.17) is 5.73 Å². The zero-order chi connectivity index (χ0) is 13.2. The Balaban J connectivity index is 1.64. The number of pyridine rings is 1. The number of nitrogens with zero attached hydrogens (tertiary/aromatic N) is 3. The molecule has 0 aliphatic carbocycles. The zero-order valence-corrected chi connectivity index (χ0v) is 11.8. The molecule has 2 aliphatic heterocycles. The highest BCUT2D eigenvalue weighted by Gasteiger charge is 2.34. The SMILES string of the molecule is CN1CCCC2CN(Cc3cccnc3N)CCC21. The van der Waals surface area contributed by atoms with Gasteiger partial charge < -0.3 is 10.6 Å². The maximum Gasteiger partial charge on any atom is 0.127 e. The molecule has 2 saturated heterocycles. The molecule has 0 spiro atoms. The summed E-state index contributed by atoms with van der Waals surface area (Å²) in [4.78, 5) is 9.29. The fourth-order valence-electron chi connectivity index (χ4n) is 3.70. The molecule has 1 aromatic heterocycles. The van der Waals surface area contributed by atoms with Crippen LogP contribution in [0.25, 0.3) is 0 Å². The molecule has 4 heteroatoms. The lowest BCUT2D eigenvalue weighted by atomic mass is 9.84. The Morgan fingerprint density at radius 3 is 3.11 bits per heavy atom. The van der Waals surface area contributed by atoms with Gasteiger partial charge in [-0.3, -0.25) is 4.90 Å². The first-order valence-corrected chi connectivity index (χ1v) is 7.36. The van der Waals surface area contributed by atoms with Crippen LogP contribution in [0, 0.1) is 5.92 Å². The van der Waals surface area contributed by atoms with Gasteiger partial charge >= 0.3 is 0 Å². The number of nitrogen functional groups attached to an aromatic ring is 1. The van der Waals surface area contributed by atoms with Crippen LogP contribution in [0.5, 0.6) is 0 Å². The normalized spacial score (nSPS) is 29.1. The summed E-state index contributed by atoms with van der Waals surface area (Å²) in [5.74, 6) is 1.52. The maximum absolute atomic E-state index is 5.95. The molecular formula is C15H24N4. The second kappa shape index (κ2) is 5.47. The van der Waals surface area contributed by atoms with Gasteiger partial charge in [0.15, 0.2) is 0 Å². The number of piperidine rings is 2. The summed E-state index contributed by atoms with van der Waals surface area (Å²) in [6.45, 7) is 4.62. The quantitative estimate of drug-likeness (QED) is 0.877. The summed E-state index contributed by atoms with van der Waals surface area (Å²) < 4.78 is 0. The van der Waals surface area contributed by atoms with E-state index in [2.05, 4.69) is 27.9 Å². The molecule has 0 bridgehead atoms. The first kappa shape index (κ1) is 12.9. The van der Waals surface area contributed by atoms with Crippen molar-refractivity contribution in [3.05, 3.63) is 23.9 Å². The van der Waals surface area contributed by atoms with Crippen molar-refractivity contribution in [1.29, 1.82) is 0 Å². The van der Waals surface area contributed by atoms with Gasteiger partial charge in [-0.1, -0.05) is 6.07 Å². The van der Waals surface area contributed by atoms with E-state index in [1.165, 1.54) is 44.5 Å². The Kier molecular flexibility index (Phi) is 3.71. The van der Waals surface area contributed by atoms with E-state index < -0.39 is 0 Å². The Morgan fingerprint density at radius 1 is 1.37 bits per heavy atom. The Hall–Kier alpha value is -1.13. The van der Waals surface area contributed by atoms with Crippen LogP contribution >= 0.6 is 0 Å². The average Bonchev–Trinajstić information content (AvgIpc) is 2.42. The fraction of sp³-hybridized carbons (Fsp3) is 0.667. The molecule has 1 aromatic rings. The van der Waals surface area contributed by atoms with Crippen molar-refractivity contribution in [1.82, 2.24) is 14.8 Å². The topological polar surface area (TPSA) is 45.4 Å². The Morgan fingerprint density at radius 2 is 2.26 bits per heavy atom. The Labute approximate surface area is 115 Å². The van der Waals surface area contributed by atoms with Gasteiger partial charge in [0.05, 0.1) is 0 Å². The van der Waals surface area contributed by atoms with Crippen LogP contribution in [0.2, 0.25) is 0 Å². The van der Waals surface area contributed by atoms with Gasteiger partial charge in [-0.2, -0.15) is 0 Å².